The Kier molecular flexibility index (Phi) is 8.47. The Morgan fingerprint density at radius 1 is 0.974 bits per heavy atom. The summed E-state index contributed by atoms with van der Waals surface area (Å²) in [6, 6.07) is 9.90. The topological polar surface area (TPSA) is 116 Å². The number of methoxy groups -OCH3 is 4. The van der Waals surface area contributed by atoms with Crippen LogP contribution >= 0.6 is 11.3 Å². The third-order valence-electron chi connectivity index (χ3n) is 6.36. The summed E-state index contributed by atoms with van der Waals surface area (Å²) in [5, 5.41) is 5.35. The number of carbonyl (C=O) groups excluding carboxylic acids is 3. The molecule has 2 heterocycles. The molecule has 3 aromatic rings. The molecule has 10 nitrogen and oxygen atoms in total. The van der Waals surface area contributed by atoms with Crippen LogP contribution in [0.25, 0.3) is 0 Å². The molecule has 0 atom stereocenters. The van der Waals surface area contributed by atoms with Gasteiger partial charge in [0.1, 0.15) is 5.69 Å². The molecule has 0 saturated carbocycles. The van der Waals surface area contributed by atoms with Gasteiger partial charge >= 0.3 is 5.97 Å². The van der Waals surface area contributed by atoms with Gasteiger partial charge in [-0.15, -0.1) is 11.3 Å². The van der Waals surface area contributed by atoms with E-state index in [1.165, 1.54) is 39.8 Å². The van der Waals surface area contributed by atoms with Crippen LogP contribution in [0.4, 0.5) is 5.69 Å². The zero-order valence-electron chi connectivity index (χ0n) is 21.6. The van der Waals surface area contributed by atoms with Crippen LogP contribution in [0.1, 0.15) is 55.0 Å². The zero-order chi connectivity index (χ0) is 27.2. The maximum atomic E-state index is 13.3. The number of carbonyl (C=O) groups is 3. The van der Waals surface area contributed by atoms with Crippen LogP contribution in [0, 0.1) is 0 Å². The highest BCUT2D eigenvalue weighted by Crippen LogP contribution is 2.41. The van der Waals surface area contributed by atoms with Crippen LogP contribution in [-0.2, 0) is 4.74 Å². The SMILES string of the molecule is COC(=O)c1cccc(NC(=O)c2csc(C3CCN(C(=O)c4ccc(OC)c(OC)c4OC)CC3)n2)c1. The first-order valence-electron chi connectivity index (χ1n) is 11.9. The van der Waals surface area contributed by atoms with E-state index in [1.54, 1.807) is 46.7 Å². The van der Waals surface area contributed by atoms with E-state index in [4.69, 9.17) is 18.9 Å². The molecule has 0 aliphatic carbocycles. The summed E-state index contributed by atoms with van der Waals surface area (Å²) >= 11 is 1.43. The number of hydrogen-bond acceptors (Lipinski definition) is 9. The summed E-state index contributed by atoms with van der Waals surface area (Å²) in [7, 11) is 5.83. The van der Waals surface area contributed by atoms with Crippen LogP contribution in [0.5, 0.6) is 17.2 Å². The monoisotopic (exact) mass is 539 g/mol. The molecule has 1 N–H and O–H groups in total. The molecule has 4 rings (SSSR count). The van der Waals surface area contributed by atoms with E-state index < -0.39 is 5.97 Å². The van der Waals surface area contributed by atoms with Crippen molar-refractivity contribution in [2.75, 3.05) is 46.8 Å². The Morgan fingerprint density at radius 3 is 2.37 bits per heavy atom. The fourth-order valence-electron chi connectivity index (χ4n) is 4.39. The number of rotatable bonds is 8. The average Bonchev–Trinajstić information content (AvgIpc) is 3.46. The molecule has 1 fully saturated rings. The molecule has 2 aromatic carbocycles. The fourth-order valence-corrected chi connectivity index (χ4v) is 5.36. The Morgan fingerprint density at radius 2 is 1.71 bits per heavy atom. The van der Waals surface area contributed by atoms with Crippen molar-refractivity contribution in [1.82, 2.24) is 9.88 Å². The summed E-state index contributed by atoms with van der Waals surface area (Å²) in [5.41, 5.74) is 1.54. The molecule has 0 bridgehead atoms. The van der Waals surface area contributed by atoms with E-state index in [0.717, 1.165) is 17.8 Å². The highest BCUT2D eigenvalue weighted by molar-refractivity contribution is 7.10. The highest BCUT2D eigenvalue weighted by atomic mass is 32.1. The van der Waals surface area contributed by atoms with E-state index in [1.807, 2.05) is 0 Å². The van der Waals surface area contributed by atoms with Crippen molar-refractivity contribution in [3.8, 4) is 17.2 Å². The minimum absolute atomic E-state index is 0.139. The molecule has 1 aliphatic rings. The van der Waals surface area contributed by atoms with Gasteiger partial charge in [0.25, 0.3) is 11.8 Å². The lowest BCUT2D eigenvalue weighted by Gasteiger charge is -2.31. The maximum Gasteiger partial charge on any atom is 0.337 e. The minimum atomic E-state index is -0.480. The van der Waals surface area contributed by atoms with Crippen molar-refractivity contribution < 1.29 is 33.3 Å². The Hall–Kier alpha value is -4.12. The number of aromatic nitrogens is 1. The van der Waals surface area contributed by atoms with Crippen LogP contribution in [-0.4, -0.2) is 69.2 Å². The predicted octanol–water partition coefficient (Wildman–Crippen LogP) is 4.23. The standard InChI is InChI=1S/C27H29N3O7S/c1-34-21-9-8-19(22(35-2)23(21)36-3)26(32)30-12-10-16(11-13-30)25-29-20(15-38-25)24(31)28-18-7-5-6-17(14-18)27(33)37-4/h5-9,14-16H,10-13H2,1-4H3,(H,28,31). The number of nitrogens with zero attached hydrogens (tertiary/aromatic N) is 2. The number of likely N-dealkylation sites (tertiary alicyclic amines) is 1. The van der Waals surface area contributed by atoms with Crippen molar-refractivity contribution in [2.24, 2.45) is 0 Å². The third-order valence-corrected chi connectivity index (χ3v) is 7.37. The smallest absolute Gasteiger partial charge is 0.337 e. The lowest BCUT2D eigenvalue weighted by molar-refractivity contribution is 0.0600. The van der Waals surface area contributed by atoms with Crippen molar-refractivity contribution in [1.29, 1.82) is 0 Å². The van der Waals surface area contributed by atoms with Crippen LogP contribution < -0.4 is 19.5 Å². The summed E-state index contributed by atoms with van der Waals surface area (Å²) in [6.45, 7) is 1.09. The van der Waals surface area contributed by atoms with Crippen molar-refractivity contribution in [2.45, 2.75) is 18.8 Å². The number of esters is 1. The molecule has 1 saturated heterocycles. The van der Waals surface area contributed by atoms with Gasteiger partial charge in [0.2, 0.25) is 5.75 Å². The first kappa shape index (κ1) is 26.9. The number of piperidine rings is 1. The largest absolute Gasteiger partial charge is 0.493 e. The molecule has 38 heavy (non-hydrogen) atoms. The van der Waals surface area contributed by atoms with Gasteiger partial charge in [0.05, 0.1) is 44.6 Å². The van der Waals surface area contributed by atoms with Gasteiger partial charge in [-0.05, 0) is 43.2 Å². The number of anilines is 1. The van der Waals surface area contributed by atoms with Crippen LogP contribution in [0.2, 0.25) is 0 Å². The Balaban J connectivity index is 1.39. The van der Waals surface area contributed by atoms with E-state index in [-0.39, 0.29) is 17.7 Å². The van der Waals surface area contributed by atoms with E-state index >= 15 is 0 Å². The van der Waals surface area contributed by atoms with Gasteiger partial charge in [0.15, 0.2) is 11.5 Å². The normalized spacial score (nSPS) is 13.5. The lowest BCUT2D eigenvalue weighted by atomic mass is 9.97. The summed E-state index contributed by atoms with van der Waals surface area (Å²) < 4.78 is 20.9. The van der Waals surface area contributed by atoms with Gasteiger partial charge in [-0.3, -0.25) is 9.59 Å². The molecule has 200 valence electrons. The van der Waals surface area contributed by atoms with E-state index in [0.29, 0.717) is 52.8 Å². The van der Waals surface area contributed by atoms with Crippen LogP contribution in [0.3, 0.4) is 0 Å². The first-order valence-corrected chi connectivity index (χ1v) is 12.8. The number of hydrogen-bond donors (Lipinski definition) is 1. The minimum Gasteiger partial charge on any atom is -0.493 e. The first-order chi connectivity index (χ1) is 18.4. The average molecular weight is 540 g/mol. The molecular formula is C27H29N3O7S. The second kappa shape index (κ2) is 12.0. The number of benzene rings is 2. The zero-order valence-corrected chi connectivity index (χ0v) is 22.4. The van der Waals surface area contributed by atoms with Gasteiger partial charge < -0.3 is 29.2 Å². The number of thiazole rings is 1. The molecule has 0 radical (unpaired) electrons. The fraction of sp³-hybridized carbons (Fsp3) is 0.333. The maximum absolute atomic E-state index is 13.3. The molecule has 1 aromatic heterocycles. The van der Waals surface area contributed by atoms with Gasteiger partial charge in [-0.25, -0.2) is 9.78 Å². The van der Waals surface area contributed by atoms with Gasteiger partial charge in [-0.2, -0.15) is 0 Å². The van der Waals surface area contributed by atoms with Crippen molar-refractivity contribution in [3.05, 3.63) is 63.6 Å². The Bertz CT molecular complexity index is 1330. The van der Waals surface area contributed by atoms with Crippen molar-refractivity contribution >= 4 is 34.8 Å². The van der Waals surface area contributed by atoms with Gasteiger partial charge in [0, 0.05) is 30.1 Å². The molecular weight excluding hydrogens is 510 g/mol. The summed E-state index contributed by atoms with van der Waals surface area (Å²) in [5.74, 6) is 0.358. The Labute approximate surface area is 224 Å². The van der Waals surface area contributed by atoms with Gasteiger partial charge in [-0.1, -0.05) is 6.07 Å². The molecule has 1 aliphatic heterocycles. The van der Waals surface area contributed by atoms with E-state index in [2.05, 4.69) is 10.3 Å². The summed E-state index contributed by atoms with van der Waals surface area (Å²) in [6.07, 6.45) is 1.44. The molecule has 0 spiro atoms. The van der Waals surface area contributed by atoms with Crippen LogP contribution in [0.15, 0.2) is 41.8 Å². The molecule has 2 amide bonds. The highest BCUT2D eigenvalue weighted by Gasteiger charge is 2.30. The summed E-state index contributed by atoms with van der Waals surface area (Å²) in [4.78, 5) is 44.1. The lowest BCUT2D eigenvalue weighted by Crippen LogP contribution is -2.38. The van der Waals surface area contributed by atoms with Crippen molar-refractivity contribution in [3.63, 3.8) is 0 Å². The second-order valence-corrected chi connectivity index (χ2v) is 9.44. The number of ether oxygens (including phenoxy) is 4. The van der Waals surface area contributed by atoms with E-state index in [9.17, 15) is 14.4 Å². The molecule has 11 heteroatoms. The third kappa shape index (κ3) is 5.57. The quantitative estimate of drug-likeness (QED) is 0.423. The second-order valence-electron chi connectivity index (χ2n) is 8.55. The predicted molar refractivity (Wildman–Crippen MR) is 142 cm³/mol. The number of amides is 2. The molecule has 0 unspecified atom stereocenters. The number of nitrogens with one attached hydrogen (secondary N) is 1.